The lowest BCUT2D eigenvalue weighted by atomic mass is 9.96. The Morgan fingerprint density at radius 3 is 2.33 bits per heavy atom. The van der Waals surface area contributed by atoms with Gasteiger partial charge in [0.2, 0.25) is 11.8 Å². The second-order valence-corrected chi connectivity index (χ2v) is 5.52. The molecule has 0 spiro atoms. The molecule has 0 aliphatic carbocycles. The summed E-state index contributed by atoms with van der Waals surface area (Å²) in [6, 6.07) is 6.50. The second kappa shape index (κ2) is 6.88. The monoisotopic (exact) mass is 292 g/mol. The van der Waals surface area contributed by atoms with E-state index in [9.17, 15) is 14.4 Å². The minimum atomic E-state index is -0.565. The van der Waals surface area contributed by atoms with Crippen molar-refractivity contribution in [2.75, 3.05) is 19.0 Å². The van der Waals surface area contributed by atoms with Crippen LogP contribution < -0.4 is 10.6 Å². The summed E-state index contributed by atoms with van der Waals surface area (Å²) >= 11 is 0. The lowest BCUT2D eigenvalue weighted by Gasteiger charge is -2.17. The third-order valence-electron chi connectivity index (χ3n) is 2.70. The average Bonchev–Trinajstić information content (AvgIpc) is 2.43. The topological polar surface area (TPSA) is 84.5 Å². The maximum absolute atomic E-state index is 11.8. The van der Waals surface area contributed by atoms with Crippen molar-refractivity contribution >= 4 is 23.5 Å². The number of hydrogen-bond donors (Lipinski definition) is 2. The van der Waals surface area contributed by atoms with Crippen LogP contribution >= 0.6 is 0 Å². The number of anilines is 1. The van der Waals surface area contributed by atoms with Crippen molar-refractivity contribution in [2.45, 2.75) is 20.8 Å². The molecule has 0 aliphatic rings. The second-order valence-electron chi connectivity index (χ2n) is 5.52. The van der Waals surface area contributed by atoms with E-state index < -0.39 is 17.3 Å². The van der Waals surface area contributed by atoms with Gasteiger partial charge in [-0.15, -0.1) is 0 Å². The van der Waals surface area contributed by atoms with E-state index in [-0.39, 0.29) is 18.0 Å². The maximum Gasteiger partial charge on any atom is 0.339 e. The Balaban J connectivity index is 2.68. The van der Waals surface area contributed by atoms with E-state index in [0.29, 0.717) is 5.69 Å². The molecule has 0 fully saturated rings. The van der Waals surface area contributed by atoms with Crippen molar-refractivity contribution in [3.05, 3.63) is 29.8 Å². The smallest absolute Gasteiger partial charge is 0.339 e. The normalized spacial score (nSPS) is 10.7. The largest absolute Gasteiger partial charge is 0.465 e. The molecule has 6 heteroatoms. The summed E-state index contributed by atoms with van der Waals surface area (Å²) in [6.07, 6.45) is 0. The van der Waals surface area contributed by atoms with Crippen molar-refractivity contribution in [3.8, 4) is 0 Å². The predicted molar refractivity (Wildman–Crippen MR) is 78.9 cm³/mol. The maximum atomic E-state index is 11.8. The molecule has 0 unspecified atom stereocenters. The molecule has 0 saturated carbocycles. The Bertz CT molecular complexity index is 547. The Kier molecular flexibility index (Phi) is 5.46. The van der Waals surface area contributed by atoms with Gasteiger partial charge < -0.3 is 15.4 Å². The molecule has 2 amide bonds. The van der Waals surface area contributed by atoms with Gasteiger partial charge in [-0.05, 0) is 12.1 Å². The van der Waals surface area contributed by atoms with Gasteiger partial charge in [0.05, 0.1) is 24.9 Å². The van der Waals surface area contributed by atoms with Crippen LogP contribution in [0.25, 0.3) is 0 Å². The van der Waals surface area contributed by atoms with E-state index in [4.69, 9.17) is 0 Å². The van der Waals surface area contributed by atoms with Gasteiger partial charge in [0.15, 0.2) is 0 Å². The van der Waals surface area contributed by atoms with Crippen LogP contribution in [0, 0.1) is 5.41 Å². The minimum Gasteiger partial charge on any atom is -0.465 e. The van der Waals surface area contributed by atoms with Gasteiger partial charge in [-0.25, -0.2) is 4.79 Å². The summed E-state index contributed by atoms with van der Waals surface area (Å²) in [5.41, 5.74) is 0.0411. The molecular weight excluding hydrogens is 272 g/mol. The first-order valence-corrected chi connectivity index (χ1v) is 6.51. The zero-order valence-electron chi connectivity index (χ0n) is 12.6. The van der Waals surface area contributed by atoms with E-state index in [0.717, 1.165) is 0 Å². The van der Waals surface area contributed by atoms with Crippen molar-refractivity contribution < 1.29 is 19.1 Å². The number of amides is 2. The molecule has 1 aromatic carbocycles. The van der Waals surface area contributed by atoms with Crippen LogP contribution in [0.15, 0.2) is 24.3 Å². The molecule has 1 rings (SSSR count). The van der Waals surface area contributed by atoms with Crippen LogP contribution in [-0.4, -0.2) is 31.4 Å². The standard InChI is InChI=1S/C15H20N2O4/c1-15(2,3)14(20)16-9-12(18)17-11-8-6-5-7-10(11)13(19)21-4/h5-8H,9H2,1-4H3,(H,16,20)(H,17,18). The summed E-state index contributed by atoms with van der Waals surface area (Å²) in [5.74, 6) is -1.17. The first-order valence-electron chi connectivity index (χ1n) is 6.51. The van der Waals surface area contributed by atoms with E-state index in [1.54, 1.807) is 45.0 Å². The molecule has 1 aromatic rings. The number of para-hydroxylation sites is 1. The van der Waals surface area contributed by atoms with Crippen LogP contribution in [0.5, 0.6) is 0 Å². The number of carbonyl (C=O) groups is 3. The molecule has 0 heterocycles. The number of benzene rings is 1. The molecule has 114 valence electrons. The average molecular weight is 292 g/mol. The number of methoxy groups -OCH3 is 1. The Labute approximate surface area is 123 Å². The van der Waals surface area contributed by atoms with Gasteiger partial charge in [-0.3, -0.25) is 9.59 Å². The van der Waals surface area contributed by atoms with E-state index in [2.05, 4.69) is 15.4 Å². The van der Waals surface area contributed by atoms with Crippen LogP contribution in [0.1, 0.15) is 31.1 Å². The number of ether oxygens (including phenoxy) is 1. The van der Waals surface area contributed by atoms with Crippen molar-refractivity contribution in [1.82, 2.24) is 5.32 Å². The van der Waals surface area contributed by atoms with Gasteiger partial charge in [0.25, 0.3) is 0 Å². The third-order valence-corrected chi connectivity index (χ3v) is 2.70. The van der Waals surface area contributed by atoms with Gasteiger partial charge in [-0.1, -0.05) is 32.9 Å². The molecular formula is C15H20N2O4. The molecule has 0 bridgehead atoms. The summed E-state index contributed by atoms with van der Waals surface area (Å²) in [6.45, 7) is 5.11. The lowest BCUT2D eigenvalue weighted by Crippen LogP contribution is -2.39. The lowest BCUT2D eigenvalue weighted by molar-refractivity contribution is -0.130. The number of hydrogen-bond acceptors (Lipinski definition) is 4. The number of carbonyl (C=O) groups excluding carboxylic acids is 3. The van der Waals surface area contributed by atoms with Crippen LogP contribution in [0.4, 0.5) is 5.69 Å². The first-order chi connectivity index (χ1) is 9.75. The van der Waals surface area contributed by atoms with Crippen LogP contribution in [-0.2, 0) is 14.3 Å². The van der Waals surface area contributed by atoms with Gasteiger partial charge >= 0.3 is 5.97 Å². The Hall–Kier alpha value is -2.37. The fourth-order valence-corrected chi connectivity index (χ4v) is 1.50. The zero-order valence-corrected chi connectivity index (χ0v) is 12.6. The molecule has 0 aliphatic heterocycles. The highest BCUT2D eigenvalue weighted by molar-refractivity contribution is 6.02. The van der Waals surface area contributed by atoms with Crippen molar-refractivity contribution in [2.24, 2.45) is 5.41 Å². The summed E-state index contributed by atoms with van der Waals surface area (Å²) in [7, 11) is 1.27. The summed E-state index contributed by atoms with van der Waals surface area (Å²) in [4.78, 5) is 35.1. The molecule has 2 N–H and O–H groups in total. The summed E-state index contributed by atoms with van der Waals surface area (Å²) < 4.78 is 4.64. The van der Waals surface area contributed by atoms with Gasteiger partial charge in [0.1, 0.15) is 0 Å². The molecule has 0 saturated heterocycles. The van der Waals surface area contributed by atoms with E-state index in [1.807, 2.05) is 0 Å². The van der Waals surface area contributed by atoms with Crippen molar-refractivity contribution in [3.63, 3.8) is 0 Å². The minimum absolute atomic E-state index is 0.161. The fourth-order valence-electron chi connectivity index (χ4n) is 1.50. The van der Waals surface area contributed by atoms with Gasteiger partial charge in [0, 0.05) is 5.41 Å². The highest BCUT2D eigenvalue weighted by Gasteiger charge is 2.21. The first kappa shape index (κ1) is 16.7. The van der Waals surface area contributed by atoms with E-state index in [1.165, 1.54) is 7.11 Å². The Morgan fingerprint density at radius 2 is 1.76 bits per heavy atom. The van der Waals surface area contributed by atoms with Crippen LogP contribution in [0.3, 0.4) is 0 Å². The molecule has 0 radical (unpaired) electrons. The molecule has 0 aromatic heterocycles. The zero-order chi connectivity index (χ0) is 16.0. The quantitative estimate of drug-likeness (QED) is 0.825. The summed E-state index contributed by atoms with van der Waals surface area (Å²) in [5, 5.41) is 5.12. The fraction of sp³-hybridized carbons (Fsp3) is 0.400. The number of esters is 1. The van der Waals surface area contributed by atoms with Gasteiger partial charge in [-0.2, -0.15) is 0 Å². The third kappa shape index (κ3) is 4.91. The van der Waals surface area contributed by atoms with E-state index >= 15 is 0 Å². The molecule has 0 atom stereocenters. The number of nitrogens with one attached hydrogen (secondary N) is 2. The predicted octanol–water partition coefficient (Wildman–Crippen LogP) is 1.57. The van der Waals surface area contributed by atoms with Crippen LogP contribution in [0.2, 0.25) is 0 Å². The Morgan fingerprint density at radius 1 is 1.14 bits per heavy atom. The number of rotatable bonds is 4. The highest BCUT2D eigenvalue weighted by Crippen LogP contribution is 2.16. The highest BCUT2D eigenvalue weighted by atomic mass is 16.5. The molecule has 21 heavy (non-hydrogen) atoms. The van der Waals surface area contributed by atoms with Crippen molar-refractivity contribution in [1.29, 1.82) is 0 Å². The SMILES string of the molecule is COC(=O)c1ccccc1NC(=O)CNC(=O)C(C)(C)C. The molecule has 6 nitrogen and oxygen atoms in total.